The Kier molecular flexibility index (Phi) is 6.50. The number of hydrogen-bond acceptors (Lipinski definition) is 3. The number of nitrogens with zero attached hydrogens (tertiary/aromatic N) is 4. The molecule has 2 aromatic rings. The van der Waals surface area contributed by atoms with Crippen molar-refractivity contribution in [3.8, 4) is 0 Å². The zero-order chi connectivity index (χ0) is 19.4. The van der Waals surface area contributed by atoms with E-state index in [4.69, 9.17) is 11.6 Å². The van der Waals surface area contributed by atoms with Gasteiger partial charge in [0.05, 0.1) is 5.02 Å². The van der Waals surface area contributed by atoms with Gasteiger partial charge in [-0.05, 0) is 58.1 Å². The number of likely N-dealkylation sites (tertiary alicyclic amines) is 1. The van der Waals surface area contributed by atoms with E-state index in [2.05, 4.69) is 28.5 Å². The van der Waals surface area contributed by atoms with Crippen molar-refractivity contribution < 1.29 is 9.18 Å². The highest BCUT2D eigenvalue weighted by Gasteiger charge is 2.28. The maximum atomic E-state index is 13.4. The molecule has 0 bridgehead atoms. The maximum absolute atomic E-state index is 13.4. The third-order valence-corrected chi connectivity index (χ3v) is 5.28. The van der Waals surface area contributed by atoms with Crippen LogP contribution in [-0.4, -0.2) is 59.0 Å². The number of carbonyl (C=O) groups is 1. The minimum absolute atomic E-state index is 0.0224. The Morgan fingerprint density at radius 2 is 2.22 bits per heavy atom. The van der Waals surface area contributed by atoms with Gasteiger partial charge in [0.25, 0.3) is 5.91 Å². The molecule has 7 heteroatoms. The Morgan fingerprint density at radius 1 is 1.41 bits per heavy atom. The van der Waals surface area contributed by atoms with Crippen LogP contribution in [0.5, 0.6) is 0 Å². The highest BCUT2D eigenvalue weighted by molar-refractivity contribution is 6.31. The standard InChI is InChI=1S/C20H26ClFN4O/c1-24(2)9-4-11-25-12-8-23-19(25)16-5-3-10-26(14-16)20(27)15-6-7-18(22)17(21)13-15/h6-8,12-13,16H,3-5,9-11,14H2,1-2H3/t16-/m1/s1. The van der Waals surface area contributed by atoms with Crippen LogP contribution in [0.15, 0.2) is 30.6 Å². The van der Waals surface area contributed by atoms with Gasteiger partial charge < -0.3 is 14.4 Å². The van der Waals surface area contributed by atoms with Crippen molar-refractivity contribution in [2.75, 3.05) is 33.7 Å². The van der Waals surface area contributed by atoms with Crippen LogP contribution in [0.25, 0.3) is 0 Å². The number of rotatable bonds is 6. The zero-order valence-electron chi connectivity index (χ0n) is 15.9. The lowest BCUT2D eigenvalue weighted by Gasteiger charge is -2.33. The lowest BCUT2D eigenvalue weighted by Crippen LogP contribution is -2.39. The predicted molar refractivity (Wildman–Crippen MR) is 105 cm³/mol. The highest BCUT2D eigenvalue weighted by Crippen LogP contribution is 2.27. The van der Waals surface area contributed by atoms with Crippen molar-refractivity contribution in [2.45, 2.75) is 31.7 Å². The van der Waals surface area contributed by atoms with Gasteiger partial charge in [0.2, 0.25) is 0 Å². The number of imidazole rings is 1. The second-order valence-electron chi connectivity index (χ2n) is 7.35. The molecule has 0 N–H and O–H groups in total. The van der Waals surface area contributed by atoms with E-state index in [1.165, 1.54) is 18.2 Å². The Bertz CT molecular complexity index is 792. The first-order valence-corrected chi connectivity index (χ1v) is 9.73. The molecule has 1 saturated heterocycles. The molecule has 0 aliphatic carbocycles. The number of benzene rings is 1. The molecule has 1 aromatic carbocycles. The van der Waals surface area contributed by atoms with Gasteiger partial charge in [0.15, 0.2) is 0 Å². The predicted octanol–water partition coefficient (Wildman–Crippen LogP) is 3.65. The molecule has 27 heavy (non-hydrogen) atoms. The molecule has 0 unspecified atom stereocenters. The van der Waals surface area contributed by atoms with Crippen molar-refractivity contribution in [3.05, 3.63) is 52.8 Å². The van der Waals surface area contributed by atoms with Crippen LogP contribution in [0.2, 0.25) is 5.02 Å². The number of hydrogen-bond donors (Lipinski definition) is 0. The fourth-order valence-electron chi connectivity index (χ4n) is 3.61. The van der Waals surface area contributed by atoms with E-state index in [1.807, 2.05) is 17.3 Å². The Balaban J connectivity index is 1.68. The SMILES string of the molecule is CN(C)CCCn1ccnc1[C@@H]1CCCN(C(=O)c2ccc(F)c(Cl)c2)C1. The van der Waals surface area contributed by atoms with Crippen LogP contribution < -0.4 is 0 Å². The molecule has 5 nitrogen and oxygen atoms in total. The number of amides is 1. The van der Waals surface area contributed by atoms with E-state index in [1.54, 1.807) is 0 Å². The summed E-state index contributed by atoms with van der Waals surface area (Å²) < 4.78 is 15.6. The van der Waals surface area contributed by atoms with Crippen molar-refractivity contribution in [1.29, 1.82) is 0 Å². The smallest absolute Gasteiger partial charge is 0.253 e. The monoisotopic (exact) mass is 392 g/mol. The average Bonchev–Trinajstić information content (AvgIpc) is 3.12. The van der Waals surface area contributed by atoms with Crippen LogP contribution in [-0.2, 0) is 6.54 Å². The Hall–Kier alpha value is -1.92. The molecular formula is C20H26ClFN4O. The van der Waals surface area contributed by atoms with Gasteiger partial charge in [-0.25, -0.2) is 9.37 Å². The first-order valence-electron chi connectivity index (χ1n) is 9.36. The summed E-state index contributed by atoms with van der Waals surface area (Å²) in [6.45, 7) is 3.27. The normalized spacial score (nSPS) is 17.5. The van der Waals surface area contributed by atoms with Crippen molar-refractivity contribution in [3.63, 3.8) is 0 Å². The molecule has 1 aromatic heterocycles. The van der Waals surface area contributed by atoms with Gasteiger partial charge in [-0.3, -0.25) is 4.79 Å². The number of halogens is 2. The summed E-state index contributed by atoms with van der Waals surface area (Å²) in [5.74, 6) is 0.646. The fourth-order valence-corrected chi connectivity index (χ4v) is 3.79. The molecular weight excluding hydrogens is 367 g/mol. The zero-order valence-corrected chi connectivity index (χ0v) is 16.6. The largest absolute Gasteiger partial charge is 0.338 e. The molecule has 1 fully saturated rings. The van der Waals surface area contributed by atoms with E-state index in [-0.39, 0.29) is 16.8 Å². The molecule has 3 rings (SSSR count). The topological polar surface area (TPSA) is 41.4 Å². The minimum Gasteiger partial charge on any atom is -0.338 e. The maximum Gasteiger partial charge on any atom is 0.253 e. The molecule has 1 aliphatic rings. The van der Waals surface area contributed by atoms with Crippen LogP contribution in [0.4, 0.5) is 4.39 Å². The summed E-state index contributed by atoms with van der Waals surface area (Å²) in [7, 11) is 4.14. The van der Waals surface area contributed by atoms with Crippen molar-refractivity contribution in [2.24, 2.45) is 0 Å². The lowest BCUT2D eigenvalue weighted by molar-refractivity contribution is 0.0703. The third kappa shape index (κ3) is 4.87. The van der Waals surface area contributed by atoms with Crippen LogP contribution >= 0.6 is 11.6 Å². The van der Waals surface area contributed by atoms with Crippen LogP contribution in [0, 0.1) is 5.82 Å². The van der Waals surface area contributed by atoms with E-state index in [0.717, 1.165) is 38.2 Å². The fraction of sp³-hybridized carbons (Fsp3) is 0.500. The summed E-state index contributed by atoms with van der Waals surface area (Å²) in [6, 6.07) is 4.15. The van der Waals surface area contributed by atoms with Crippen molar-refractivity contribution >= 4 is 17.5 Å². The van der Waals surface area contributed by atoms with Gasteiger partial charge in [-0.15, -0.1) is 0 Å². The molecule has 146 valence electrons. The van der Waals surface area contributed by atoms with Gasteiger partial charge in [-0.1, -0.05) is 11.6 Å². The van der Waals surface area contributed by atoms with E-state index < -0.39 is 5.82 Å². The number of carbonyl (C=O) groups excluding carboxylic acids is 1. The second-order valence-corrected chi connectivity index (χ2v) is 7.76. The van der Waals surface area contributed by atoms with Gasteiger partial charge >= 0.3 is 0 Å². The number of aromatic nitrogens is 2. The third-order valence-electron chi connectivity index (χ3n) is 4.99. The molecule has 2 heterocycles. The van der Waals surface area contributed by atoms with Gasteiger partial charge in [0, 0.05) is 43.5 Å². The Morgan fingerprint density at radius 3 is 2.96 bits per heavy atom. The quantitative estimate of drug-likeness (QED) is 0.753. The first kappa shape index (κ1) is 19.8. The number of aryl methyl sites for hydroxylation is 1. The molecule has 1 aliphatic heterocycles. The molecule has 0 spiro atoms. The van der Waals surface area contributed by atoms with Crippen LogP contribution in [0.3, 0.4) is 0 Å². The minimum atomic E-state index is -0.510. The number of piperidine rings is 1. The average molecular weight is 393 g/mol. The summed E-state index contributed by atoms with van der Waals surface area (Å²) >= 11 is 5.84. The summed E-state index contributed by atoms with van der Waals surface area (Å²) in [4.78, 5) is 21.4. The lowest BCUT2D eigenvalue weighted by atomic mass is 9.96. The molecule has 1 atom stereocenters. The summed E-state index contributed by atoms with van der Waals surface area (Å²) in [5.41, 5.74) is 0.427. The van der Waals surface area contributed by atoms with Crippen molar-refractivity contribution in [1.82, 2.24) is 19.4 Å². The van der Waals surface area contributed by atoms with E-state index >= 15 is 0 Å². The summed E-state index contributed by atoms with van der Waals surface area (Å²) in [5, 5.41) is -0.0224. The highest BCUT2D eigenvalue weighted by atomic mass is 35.5. The van der Waals surface area contributed by atoms with Gasteiger partial charge in [-0.2, -0.15) is 0 Å². The Labute approximate surface area is 164 Å². The van der Waals surface area contributed by atoms with E-state index in [9.17, 15) is 9.18 Å². The van der Waals surface area contributed by atoms with Crippen LogP contribution in [0.1, 0.15) is 41.4 Å². The summed E-state index contributed by atoms with van der Waals surface area (Å²) in [6.07, 6.45) is 6.85. The molecule has 0 radical (unpaired) electrons. The first-order chi connectivity index (χ1) is 13.0. The van der Waals surface area contributed by atoms with Gasteiger partial charge in [0.1, 0.15) is 11.6 Å². The molecule has 0 saturated carbocycles. The second kappa shape index (κ2) is 8.85. The molecule has 1 amide bonds. The van der Waals surface area contributed by atoms with E-state index in [0.29, 0.717) is 18.7 Å².